The molecular weight excluding hydrogens is 358 g/mol. The van der Waals surface area contributed by atoms with Crippen molar-refractivity contribution in [3.63, 3.8) is 0 Å². The first-order chi connectivity index (χ1) is 12.8. The number of alkyl halides is 2. The molecular formula is C19H22F2N2O4. The van der Waals surface area contributed by atoms with Crippen LogP contribution in [0.15, 0.2) is 23.4 Å². The summed E-state index contributed by atoms with van der Waals surface area (Å²) in [6.07, 6.45) is 1.39. The molecule has 4 rings (SSSR count). The first-order valence-corrected chi connectivity index (χ1v) is 9.14. The summed E-state index contributed by atoms with van der Waals surface area (Å²) >= 11 is 0. The van der Waals surface area contributed by atoms with Gasteiger partial charge in [-0.2, -0.15) is 0 Å². The van der Waals surface area contributed by atoms with Gasteiger partial charge in [-0.05, 0) is 25.1 Å². The van der Waals surface area contributed by atoms with Gasteiger partial charge >= 0.3 is 0 Å². The van der Waals surface area contributed by atoms with Crippen molar-refractivity contribution in [1.82, 2.24) is 4.90 Å². The molecule has 0 N–H and O–H groups in total. The van der Waals surface area contributed by atoms with Crippen molar-refractivity contribution in [2.24, 2.45) is 5.16 Å². The van der Waals surface area contributed by atoms with Crippen LogP contribution in [0, 0.1) is 0 Å². The van der Waals surface area contributed by atoms with Gasteiger partial charge in [-0.1, -0.05) is 5.16 Å². The summed E-state index contributed by atoms with van der Waals surface area (Å²) in [5.41, 5.74) is 1.36. The summed E-state index contributed by atoms with van der Waals surface area (Å²) in [6.45, 7) is 2.06. The van der Waals surface area contributed by atoms with E-state index in [1.54, 1.807) is 4.90 Å². The van der Waals surface area contributed by atoms with Crippen LogP contribution in [-0.2, 0) is 9.63 Å². The normalized spacial score (nSPS) is 20.6. The maximum atomic E-state index is 13.0. The number of oxime groups is 1. The SMILES string of the molecule is CC(F)(F)CCC(=O)N1CCC2(CC1)CC(c1ccc3c(c1)OCO3)=NO2. The Bertz CT molecular complexity index is 767. The second-order valence-electron chi connectivity index (χ2n) is 7.51. The lowest BCUT2D eigenvalue weighted by atomic mass is 9.85. The highest BCUT2D eigenvalue weighted by Crippen LogP contribution is 2.39. The molecule has 3 aliphatic heterocycles. The number of carbonyl (C=O) groups is 1. The lowest BCUT2D eigenvalue weighted by molar-refractivity contribution is -0.138. The smallest absolute Gasteiger partial charge is 0.245 e. The van der Waals surface area contributed by atoms with E-state index in [2.05, 4.69) is 5.16 Å². The molecule has 1 aromatic carbocycles. The third kappa shape index (κ3) is 3.84. The van der Waals surface area contributed by atoms with Crippen LogP contribution in [0.3, 0.4) is 0 Å². The second kappa shape index (κ2) is 6.65. The number of ether oxygens (including phenoxy) is 2. The Kier molecular flexibility index (Phi) is 4.44. The van der Waals surface area contributed by atoms with Crippen LogP contribution < -0.4 is 9.47 Å². The number of nitrogens with zero attached hydrogens (tertiary/aromatic N) is 2. The molecule has 1 amide bonds. The average Bonchev–Trinajstić information content (AvgIpc) is 3.26. The Morgan fingerprint density at radius 3 is 2.74 bits per heavy atom. The van der Waals surface area contributed by atoms with Crippen molar-refractivity contribution in [2.45, 2.75) is 50.6 Å². The summed E-state index contributed by atoms with van der Waals surface area (Å²) in [4.78, 5) is 19.6. The summed E-state index contributed by atoms with van der Waals surface area (Å²) in [6, 6.07) is 5.68. The molecule has 1 spiro atoms. The zero-order chi connectivity index (χ0) is 19.1. The molecule has 6 nitrogen and oxygen atoms in total. The number of benzene rings is 1. The van der Waals surface area contributed by atoms with Gasteiger partial charge < -0.3 is 19.2 Å². The monoisotopic (exact) mass is 380 g/mol. The quantitative estimate of drug-likeness (QED) is 0.804. The summed E-state index contributed by atoms with van der Waals surface area (Å²) in [5, 5.41) is 4.26. The Labute approximate surface area is 156 Å². The molecule has 0 bridgehead atoms. The fourth-order valence-corrected chi connectivity index (χ4v) is 3.67. The molecule has 3 heterocycles. The van der Waals surface area contributed by atoms with Crippen molar-refractivity contribution in [3.05, 3.63) is 23.8 Å². The largest absolute Gasteiger partial charge is 0.454 e. The van der Waals surface area contributed by atoms with Crippen LogP contribution in [0.5, 0.6) is 11.5 Å². The molecule has 27 heavy (non-hydrogen) atoms. The van der Waals surface area contributed by atoms with E-state index < -0.39 is 17.9 Å². The van der Waals surface area contributed by atoms with E-state index in [4.69, 9.17) is 14.3 Å². The summed E-state index contributed by atoms with van der Waals surface area (Å²) in [5.74, 6) is -1.61. The van der Waals surface area contributed by atoms with Gasteiger partial charge in [0.15, 0.2) is 11.5 Å². The molecule has 146 valence electrons. The minimum Gasteiger partial charge on any atom is -0.454 e. The second-order valence-corrected chi connectivity index (χ2v) is 7.51. The van der Waals surface area contributed by atoms with E-state index in [9.17, 15) is 13.6 Å². The van der Waals surface area contributed by atoms with Crippen LogP contribution >= 0.6 is 0 Å². The number of likely N-dealkylation sites (tertiary alicyclic amines) is 1. The van der Waals surface area contributed by atoms with Crippen LogP contribution in [0.25, 0.3) is 0 Å². The van der Waals surface area contributed by atoms with Crippen molar-refractivity contribution < 1.29 is 27.9 Å². The Morgan fingerprint density at radius 1 is 1.26 bits per heavy atom. The number of amides is 1. The van der Waals surface area contributed by atoms with E-state index in [-0.39, 0.29) is 19.1 Å². The third-order valence-electron chi connectivity index (χ3n) is 5.35. The van der Waals surface area contributed by atoms with Gasteiger partial charge in [-0.25, -0.2) is 8.78 Å². The molecule has 0 atom stereocenters. The van der Waals surface area contributed by atoms with E-state index >= 15 is 0 Å². The van der Waals surface area contributed by atoms with E-state index in [0.717, 1.165) is 23.9 Å². The molecule has 0 aromatic heterocycles. The molecule has 3 aliphatic rings. The Morgan fingerprint density at radius 2 is 2.00 bits per heavy atom. The number of hydrogen-bond acceptors (Lipinski definition) is 5. The number of piperidine rings is 1. The van der Waals surface area contributed by atoms with Crippen molar-refractivity contribution in [2.75, 3.05) is 19.9 Å². The molecule has 8 heteroatoms. The van der Waals surface area contributed by atoms with Gasteiger partial charge in [0.2, 0.25) is 18.6 Å². The lowest BCUT2D eigenvalue weighted by Crippen LogP contribution is -2.47. The molecule has 1 fully saturated rings. The molecule has 1 saturated heterocycles. The molecule has 0 aliphatic carbocycles. The topological polar surface area (TPSA) is 60.4 Å². The highest BCUT2D eigenvalue weighted by atomic mass is 19.3. The fraction of sp³-hybridized carbons (Fsp3) is 0.579. The van der Waals surface area contributed by atoms with Crippen LogP contribution in [0.4, 0.5) is 8.78 Å². The van der Waals surface area contributed by atoms with Crippen molar-refractivity contribution in [1.29, 1.82) is 0 Å². The fourth-order valence-electron chi connectivity index (χ4n) is 3.67. The van der Waals surface area contributed by atoms with Crippen molar-refractivity contribution in [3.8, 4) is 11.5 Å². The summed E-state index contributed by atoms with van der Waals surface area (Å²) < 4.78 is 36.6. The van der Waals surface area contributed by atoms with Crippen LogP contribution in [-0.4, -0.2) is 47.9 Å². The standard InChI is InChI=1S/C19H22F2N2O4/c1-18(20,21)5-4-17(24)23-8-6-19(7-9-23)11-14(22-27-19)13-2-3-15-16(10-13)26-12-25-15/h2-3,10H,4-9,11-12H2,1H3. The van der Waals surface area contributed by atoms with Gasteiger partial charge in [0.05, 0.1) is 5.71 Å². The lowest BCUT2D eigenvalue weighted by Gasteiger charge is -2.37. The number of carbonyl (C=O) groups excluding carboxylic acids is 1. The zero-order valence-electron chi connectivity index (χ0n) is 15.2. The first kappa shape index (κ1) is 18.0. The Hall–Kier alpha value is -2.38. The van der Waals surface area contributed by atoms with Gasteiger partial charge in [0.25, 0.3) is 0 Å². The van der Waals surface area contributed by atoms with E-state index in [0.29, 0.717) is 38.1 Å². The number of rotatable bonds is 4. The number of fused-ring (bicyclic) bond motifs is 1. The number of hydrogen-bond donors (Lipinski definition) is 0. The molecule has 0 saturated carbocycles. The number of halogens is 2. The van der Waals surface area contributed by atoms with Crippen molar-refractivity contribution >= 4 is 11.6 Å². The maximum absolute atomic E-state index is 13.0. The zero-order valence-corrected chi connectivity index (χ0v) is 15.2. The van der Waals surface area contributed by atoms with Gasteiger partial charge in [-0.15, -0.1) is 0 Å². The summed E-state index contributed by atoms with van der Waals surface area (Å²) in [7, 11) is 0. The molecule has 0 radical (unpaired) electrons. The molecule has 1 aromatic rings. The molecule has 0 unspecified atom stereocenters. The first-order valence-electron chi connectivity index (χ1n) is 9.14. The highest BCUT2D eigenvalue weighted by molar-refractivity contribution is 6.02. The van der Waals surface area contributed by atoms with Gasteiger partial charge in [0, 0.05) is 50.8 Å². The predicted molar refractivity (Wildman–Crippen MR) is 93.2 cm³/mol. The third-order valence-corrected chi connectivity index (χ3v) is 5.35. The van der Waals surface area contributed by atoms with Crippen LogP contribution in [0.1, 0.15) is 44.6 Å². The van der Waals surface area contributed by atoms with Gasteiger partial charge in [0.1, 0.15) is 5.60 Å². The average molecular weight is 380 g/mol. The Balaban J connectivity index is 1.33. The van der Waals surface area contributed by atoms with E-state index in [1.807, 2.05) is 18.2 Å². The minimum atomic E-state index is -2.81. The predicted octanol–water partition coefficient (Wildman–Crippen LogP) is 3.34. The minimum absolute atomic E-state index is 0.129. The van der Waals surface area contributed by atoms with E-state index in [1.165, 1.54) is 0 Å². The van der Waals surface area contributed by atoms with Gasteiger partial charge in [-0.3, -0.25) is 4.79 Å². The highest BCUT2D eigenvalue weighted by Gasteiger charge is 2.43. The maximum Gasteiger partial charge on any atom is 0.245 e. The van der Waals surface area contributed by atoms with Crippen LogP contribution in [0.2, 0.25) is 0 Å².